The maximum absolute atomic E-state index is 9.09. The van der Waals surface area contributed by atoms with Crippen LogP contribution in [0, 0.1) is 11.3 Å². The molecule has 0 aliphatic carbocycles. The molecular formula is C13H9Br2N3. The molecule has 0 aliphatic rings. The number of hydrogen-bond acceptors (Lipinski definition) is 3. The zero-order valence-corrected chi connectivity index (χ0v) is 12.4. The minimum absolute atomic E-state index is 0.559. The number of benzene rings is 2. The van der Waals surface area contributed by atoms with Gasteiger partial charge in [0.25, 0.3) is 0 Å². The second kappa shape index (κ2) is 5.42. The molecule has 0 aliphatic heterocycles. The van der Waals surface area contributed by atoms with Gasteiger partial charge in [-0.15, -0.1) is 0 Å². The monoisotopic (exact) mass is 365 g/mol. The number of hydrogen-bond donors (Lipinski definition) is 2. The highest BCUT2D eigenvalue weighted by Gasteiger charge is 2.05. The summed E-state index contributed by atoms with van der Waals surface area (Å²) in [4.78, 5) is 0. The van der Waals surface area contributed by atoms with Crippen LogP contribution in [0.15, 0.2) is 45.3 Å². The van der Waals surface area contributed by atoms with Crippen LogP contribution in [0.2, 0.25) is 0 Å². The molecule has 0 spiro atoms. The van der Waals surface area contributed by atoms with Crippen LogP contribution < -0.4 is 11.1 Å². The van der Waals surface area contributed by atoms with Gasteiger partial charge in [0.1, 0.15) is 6.07 Å². The van der Waals surface area contributed by atoms with E-state index in [1.807, 2.05) is 24.3 Å². The number of nitrogens with one attached hydrogen (secondary N) is 1. The third-order valence-corrected chi connectivity index (χ3v) is 3.37. The lowest BCUT2D eigenvalue weighted by Gasteiger charge is -2.11. The SMILES string of the molecule is N#Cc1cc(Br)ccc1Nc1cc(Br)ccc1N. The van der Waals surface area contributed by atoms with Gasteiger partial charge < -0.3 is 11.1 Å². The topological polar surface area (TPSA) is 61.8 Å². The van der Waals surface area contributed by atoms with Crippen molar-refractivity contribution in [1.82, 2.24) is 0 Å². The molecule has 2 rings (SSSR count). The molecule has 0 unspecified atom stereocenters. The summed E-state index contributed by atoms with van der Waals surface area (Å²) < 4.78 is 1.79. The van der Waals surface area contributed by atoms with Gasteiger partial charge in [0.05, 0.1) is 22.6 Å². The van der Waals surface area contributed by atoms with Gasteiger partial charge in [-0.25, -0.2) is 0 Å². The number of nitrogens with zero attached hydrogens (tertiary/aromatic N) is 1. The number of halogens is 2. The molecule has 0 fully saturated rings. The Balaban J connectivity index is 2.40. The van der Waals surface area contributed by atoms with Gasteiger partial charge in [-0.05, 0) is 36.4 Å². The summed E-state index contributed by atoms with van der Waals surface area (Å²) in [6.45, 7) is 0. The third-order valence-electron chi connectivity index (χ3n) is 2.39. The lowest BCUT2D eigenvalue weighted by atomic mass is 10.2. The Labute approximate surface area is 122 Å². The van der Waals surface area contributed by atoms with Gasteiger partial charge in [0.2, 0.25) is 0 Å². The van der Waals surface area contributed by atoms with Crippen molar-refractivity contribution >= 4 is 48.9 Å². The van der Waals surface area contributed by atoms with E-state index in [4.69, 9.17) is 11.0 Å². The number of nitriles is 1. The van der Waals surface area contributed by atoms with E-state index in [1.54, 1.807) is 12.1 Å². The fraction of sp³-hybridized carbons (Fsp3) is 0. The highest BCUT2D eigenvalue weighted by atomic mass is 79.9. The highest BCUT2D eigenvalue weighted by molar-refractivity contribution is 9.10. The van der Waals surface area contributed by atoms with Crippen molar-refractivity contribution in [2.24, 2.45) is 0 Å². The van der Waals surface area contributed by atoms with Crippen molar-refractivity contribution in [3.63, 3.8) is 0 Å². The number of rotatable bonds is 2. The Bertz CT molecular complexity index is 633. The zero-order chi connectivity index (χ0) is 13.1. The number of nitrogen functional groups attached to an aromatic ring is 1. The van der Waals surface area contributed by atoms with Crippen LogP contribution in [-0.4, -0.2) is 0 Å². The second-order valence-electron chi connectivity index (χ2n) is 3.66. The van der Waals surface area contributed by atoms with Crippen molar-refractivity contribution in [2.45, 2.75) is 0 Å². The van der Waals surface area contributed by atoms with Crippen LogP contribution >= 0.6 is 31.9 Å². The summed E-state index contributed by atoms with van der Waals surface area (Å²) in [5, 5.41) is 12.3. The summed E-state index contributed by atoms with van der Waals surface area (Å²) in [5.41, 5.74) is 8.57. The molecule has 5 heteroatoms. The van der Waals surface area contributed by atoms with Gasteiger partial charge in [-0.1, -0.05) is 31.9 Å². The maximum atomic E-state index is 9.09. The molecule has 0 saturated heterocycles. The maximum Gasteiger partial charge on any atom is 0.101 e. The van der Waals surface area contributed by atoms with E-state index in [1.165, 1.54) is 0 Å². The van der Waals surface area contributed by atoms with Gasteiger partial charge in [0, 0.05) is 8.95 Å². The predicted molar refractivity (Wildman–Crippen MR) is 80.7 cm³/mol. The summed E-state index contributed by atoms with van der Waals surface area (Å²) in [5.74, 6) is 0. The van der Waals surface area contributed by atoms with E-state index in [9.17, 15) is 0 Å². The Kier molecular flexibility index (Phi) is 3.90. The van der Waals surface area contributed by atoms with E-state index < -0.39 is 0 Å². The molecule has 3 nitrogen and oxygen atoms in total. The summed E-state index contributed by atoms with van der Waals surface area (Å²) in [7, 11) is 0. The Morgan fingerprint density at radius 2 is 1.67 bits per heavy atom. The normalized spacial score (nSPS) is 9.83. The minimum atomic E-state index is 0.559. The molecule has 0 aromatic heterocycles. The van der Waals surface area contributed by atoms with E-state index in [0.717, 1.165) is 20.3 Å². The Morgan fingerprint density at radius 3 is 2.39 bits per heavy atom. The zero-order valence-electron chi connectivity index (χ0n) is 9.24. The van der Waals surface area contributed by atoms with E-state index in [0.29, 0.717) is 11.3 Å². The number of nitrogens with two attached hydrogens (primary N) is 1. The molecule has 0 heterocycles. The van der Waals surface area contributed by atoms with E-state index in [-0.39, 0.29) is 0 Å². The molecule has 0 saturated carbocycles. The molecular weight excluding hydrogens is 358 g/mol. The second-order valence-corrected chi connectivity index (χ2v) is 5.49. The standard InChI is InChI=1S/C13H9Br2N3/c14-9-2-4-12(8(5-9)7-16)18-13-6-10(15)1-3-11(13)17/h1-6,18H,17H2. The van der Waals surface area contributed by atoms with Crippen LogP contribution in [0.25, 0.3) is 0 Å². The largest absolute Gasteiger partial charge is 0.397 e. The van der Waals surface area contributed by atoms with Crippen LogP contribution in [0.4, 0.5) is 17.1 Å². The smallest absolute Gasteiger partial charge is 0.101 e. The lowest BCUT2D eigenvalue weighted by molar-refractivity contribution is 1.45. The van der Waals surface area contributed by atoms with Crippen LogP contribution in [0.5, 0.6) is 0 Å². The molecule has 2 aromatic carbocycles. The molecule has 2 aromatic rings. The first-order chi connectivity index (χ1) is 8.60. The lowest BCUT2D eigenvalue weighted by Crippen LogP contribution is -1.98. The molecule has 0 atom stereocenters. The quantitative estimate of drug-likeness (QED) is 0.774. The first kappa shape index (κ1) is 12.9. The van der Waals surface area contributed by atoms with Gasteiger partial charge in [0.15, 0.2) is 0 Å². The van der Waals surface area contributed by atoms with Crippen molar-refractivity contribution in [3.05, 3.63) is 50.9 Å². The number of anilines is 3. The average Bonchev–Trinajstić information content (AvgIpc) is 2.36. The van der Waals surface area contributed by atoms with E-state index >= 15 is 0 Å². The first-order valence-electron chi connectivity index (χ1n) is 5.12. The van der Waals surface area contributed by atoms with Crippen molar-refractivity contribution in [2.75, 3.05) is 11.1 Å². The Morgan fingerprint density at radius 1 is 1.00 bits per heavy atom. The molecule has 0 amide bonds. The molecule has 3 N–H and O–H groups in total. The fourth-order valence-corrected chi connectivity index (χ4v) is 2.22. The molecule has 0 bridgehead atoms. The predicted octanol–water partition coefficient (Wildman–Crippen LogP) is 4.41. The van der Waals surface area contributed by atoms with Gasteiger partial charge >= 0.3 is 0 Å². The average molecular weight is 367 g/mol. The van der Waals surface area contributed by atoms with Crippen molar-refractivity contribution in [1.29, 1.82) is 5.26 Å². The van der Waals surface area contributed by atoms with Crippen molar-refractivity contribution in [3.8, 4) is 6.07 Å². The summed E-state index contributed by atoms with van der Waals surface area (Å²) >= 11 is 6.73. The molecule has 0 radical (unpaired) electrons. The summed E-state index contributed by atoms with van der Waals surface area (Å²) in [6, 6.07) is 13.2. The van der Waals surface area contributed by atoms with Crippen LogP contribution in [0.3, 0.4) is 0 Å². The molecule has 90 valence electrons. The highest BCUT2D eigenvalue weighted by Crippen LogP contribution is 2.29. The van der Waals surface area contributed by atoms with Crippen LogP contribution in [0.1, 0.15) is 5.56 Å². The fourth-order valence-electron chi connectivity index (χ4n) is 1.50. The molecule has 18 heavy (non-hydrogen) atoms. The van der Waals surface area contributed by atoms with Crippen molar-refractivity contribution < 1.29 is 0 Å². The minimum Gasteiger partial charge on any atom is -0.397 e. The van der Waals surface area contributed by atoms with Gasteiger partial charge in [-0.2, -0.15) is 5.26 Å². The summed E-state index contributed by atoms with van der Waals surface area (Å²) in [6.07, 6.45) is 0. The Hall–Kier alpha value is -1.51. The van der Waals surface area contributed by atoms with Crippen LogP contribution in [-0.2, 0) is 0 Å². The van der Waals surface area contributed by atoms with Gasteiger partial charge in [-0.3, -0.25) is 0 Å². The first-order valence-corrected chi connectivity index (χ1v) is 6.70. The third kappa shape index (κ3) is 2.84. The van der Waals surface area contributed by atoms with E-state index in [2.05, 4.69) is 43.2 Å².